The van der Waals surface area contributed by atoms with Crippen LogP contribution in [-0.2, 0) is 26.6 Å². The van der Waals surface area contributed by atoms with Crippen molar-refractivity contribution in [3.8, 4) is 5.75 Å². The highest BCUT2D eigenvalue weighted by Gasteiger charge is 2.51. The number of hydrogen-bond donors (Lipinski definition) is 0. The van der Waals surface area contributed by atoms with Gasteiger partial charge in [-0.15, -0.1) is 0 Å². The van der Waals surface area contributed by atoms with Crippen molar-refractivity contribution in [3.05, 3.63) is 65.1 Å². The van der Waals surface area contributed by atoms with Gasteiger partial charge in [0.2, 0.25) is 20.0 Å². The SMILES string of the molecule is CC(C)[Si](Oc1c2c(c(N(S(C)(=O)=O)S(C)(=O)=O)c3cccnc13)C(=O)N(Cc1ccc(F)cc1)C2=O)(C(C)C)C(C)C. The molecular formula is C29H36FN3O7S2Si. The first kappa shape index (κ1) is 32.5. The summed E-state index contributed by atoms with van der Waals surface area (Å²) in [4.78, 5) is 33.8. The number of anilines is 1. The van der Waals surface area contributed by atoms with Gasteiger partial charge in [-0.1, -0.05) is 53.7 Å². The van der Waals surface area contributed by atoms with Crippen LogP contribution in [-0.4, -0.2) is 59.4 Å². The summed E-state index contributed by atoms with van der Waals surface area (Å²) in [5.41, 5.74) is -0.491. The Labute approximate surface area is 253 Å². The van der Waals surface area contributed by atoms with Crippen LogP contribution in [0.5, 0.6) is 5.75 Å². The molecule has 232 valence electrons. The topological polar surface area (TPSA) is 131 Å². The summed E-state index contributed by atoms with van der Waals surface area (Å²) < 4.78 is 73.0. The average molecular weight is 650 g/mol. The molecule has 1 aliphatic heterocycles. The number of imide groups is 1. The molecule has 0 bridgehead atoms. The number of rotatable bonds is 10. The minimum Gasteiger partial charge on any atom is -0.541 e. The molecule has 4 rings (SSSR count). The predicted molar refractivity (Wildman–Crippen MR) is 166 cm³/mol. The first-order valence-electron chi connectivity index (χ1n) is 13.8. The summed E-state index contributed by atoms with van der Waals surface area (Å²) in [5, 5.41) is 0.0241. The Morgan fingerprint density at radius 1 is 0.860 bits per heavy atom. The van der Waals surface area contributed by atoms with Crippen molar-refractivity contribution in [2.75, 3.05) is 16.2 Å². The lowest BCUT2D eigenvalue weighted by Gasteiger charge is -2.42. The fourth-order valence-electron chi connectivity index (χ4n) is 6.35. The third-order valence-electron chi connectivity index (χ3n) is 7.93. The van der Waals surface area contributed by atoms with Gasteiger partial charge in [-0.05, 0) is 46.5 Å². The number of carbonyl (C=O) groups is 2. The van der Waals surface area contributed by atoms with Gasteiger partial charge >= 0.3 is 0 Å². The number of pyridine rings is 1. The van der Waals surface area contributed by atoms with E-state index in [2.05, 4.69) is 4.98 Å². The van der Waals surface area contributed by atoms with E-state index in [4.69, 9.17) is 4.43 Å². The van der Waals surface area contributed by atoms with Crippen LogP contribution in [0.4, 0.5) is 10.1 Å². The lowest BCUT2D eigenvalue weighted by molar-refractivity contribution is 0.0642. The van der Waals surface area contributed by atoms with E-state index in [1.54, 1.807) is 0 Å². The largest absolute Gasteiger partial charge is 0.541 e. The molecular weight excluding hydrogens is 614 g/mol. The van der Waals surface area contributed by atoms with Gasteiger partial charge in [0.05, 0.1) is 35.9 Å². The second-order valence-corrected chi connectivity index (χ2v) is 21.1. The first-order chi connectivity index (χ1) is 19.8. The van der Waals surface area contributed by atoms with Gasteiger partial charge in [-0.25, -0.2) is 21.2 Å². The van der Waals surface area contributed by atoms with E-state index in [1.807, 2.05) is 41.5 Å². The van der Waals surface area contributed by atoms with E-state index in [0.717, 1.165) is 4.90 Å². The van der Waals surface area contributed by atoms with Crippen LogP contribution < -0.4 is 8.14 Å². The van der Waals surface area contributed by atoms with E-state index in [1.165, 1.54) is 42.6 Å². The Bertz CT molecular complexity index is 1770. The average Bonchev–Trinajstić information content (AvgIpc) is 3.12. The molecule has 0 saturated carbocycles. The second-order valence-electron chi connectivity index (χ2n) is 11.8. The van der Waals surface area contributed by atoms with Crippen molar-refractivity contribution >= 4 is 56.8 Å². The van der Waals surface area contributed by atoms with Gasteiger partial charge in [0.1, 0.15) is 17.1 Å². The highest BCUT2D eigenvalue weighted by Crippen LogP contribution is 2.50. The monoisotopic (exact) mass is 649 g/mol. The Kier molecular flexibility index (Phi) is 8.54. The summed E-state index contributed by atoms with van der Waals surface area (Å²) >= 11 is 0. The standard InChI is InChI=1S/C29H36FN3O7S2Si/c1-17(2)43(18(3)4,19(5)6)40-27-24-23(28(34)32(29(24)35)16-20-11-13-21(30)14-12-20)26(22-10-9-15-31-25(22)27)33(41(7,36)37)42(8,38)39/h9-15,17-19H,16H2,1-8H3. The number of sulfonamides is 2. The van der Waals surface area contributed by atoms with Crippen LogP contribution in [0.3, 0.4) is 0 Å². The quantitative estimate of drug-likeness (QED) is 0.209. The molecule has 3 aromatic rings. The van der Waals surface area contributed by atoms with Crippen molar-refractivity contribution in [3.63, 3.8) is 0 Å². The van der Waals surface area contributed by atoms with E-state index in [-0.39, 0.29) is 49.1 Å². The molecule has 0 spiro atoms. The normalized spacial score (nSPS) is 14.4. The number of amides is 2. The van der Waals surface area contributed by atoms with Gasteiger partial charge in [0, 0.05) is 11.6 Å². The minimum atomic E-state index is -4.54. The van der Waals surface area contributed by atoms with Gasteiger partial charge in [-0.2, -0.15) is 3.71 Å². The number of aromatic nitrogens is 1. The Morgan fingerprint density at radius 2 is 1.37 bits per heavy atom. The van der Waals surface area contributed by atoms with Gasteiger partial charge < -0.3 is 4.43 Å². The summed E-state index contributed by atoms with van der Waals surface area (Å²) in [6, 6.07) is 8.16. The molecule has 14 heteroatoms. The third-order valence-corrected chi connectivity index (χ3v) is 17.1. The van der Waals surface area contributed by atoms with Crippen molar-refractivity contribution in [2.45, 2.75) is 64.7 Å². The van der Waals surface area contributed by atoms with E-state index in [0.29, 0.717) is 18.1 Å². The molecule has 1 aromatic heterocycles. The van der Waals surface area contributed by atoms with Crippen LogP contribution in [0, 0.1) is 5.82 Å². The maximum Gasteiger partial charge on any atom is 0.265 e. The Morgan fingerprint density at radius 3 is 1.86 bits per heavy atom. The number of halogens is 1. The molecule has 10 nitrogen and oxygen atoms in total. The van der Waals surface area contributed by atoms with E-state index >= 15 is 0 Å². The second kappa shape index (κ2) is 11.3. The van der Waals surface area contributed by atoms with Crippen molar-refractivity contribution < 1.29 is 35.2 Å². The van der Waals surface area contributed by atoms with Crippen LogP contribution >= 0.6 is 0 Å². The fourth-order valence-corrected chi connectivity index (χ4v) is 14.6. The fraction of sp³-hybridized carbons (Fsp3) is 0.414. The van der Waals surface area contributed by atoms with Crippen molar-refractivity contribution in [1.82, 2.24) is 9.88 Å². The molecule has 43 heavy (non-hydrogen) atoms. The smallest absolute Gasteiger partial charge is 0.265 e. The zero-order valence-corrected chi connectivity index (χ0v) is 28.0. The highest BCUT2D eigenvalue weighted by atomic mass is 32.3. The molecule has 1 aliphatic rings. The molecule has 0 radical (unpaired) electrons. The van der Waals surface area contributed by atoms with Crippen LogP contribution in [0.15, 0.2) is 42.6 Å². The number of hydrogen-bond acceptors (Lipinski definition) is 8. The molecule has 0 saturated heterocycles. The maximum atomic E-state index is 14.2. The number of carbonyl (C=O) groups excluding carboxylic acids is 2. The highest BCUT2D eigenvalue weighted by molar-refractivity contribution is 8.09. The van der Waals surface area contributed by atoms with Crippen molar-refractivity contribution in [1.29, 1.82) is 0 Å². The molecule has 0 atom stereocenters. The van der Waals surface area contributed by atoms with Gasteiger partial charge in [0.25, 0.3) is 20.1 Å². The first-order valence-corrected chi connectivity index (χ1v) is 19.6. The summed E-state index contributed by atoms with van der Waals surface area (Å²) in [5.74, 6) is -2.18. The summed E-state index contributed by atoms with van der Waals surface area (Å²) in [6.07, 6.45) is 2.84. The number of fused-ring (bicyclic) bond motifs is 2. The minimum absolute atomic E-state index is 0.0241. The zero-order valence-electron chi connectivity index (χ0n) is 25.4. The summed E-state index contributed by atoms with van der Waals surface area (Å²) in [7, 11) is -11.9. The molecule has 2 heterocycles. The molecule has 2 amide bonds. The molecule has 0 unspecified atom stereocenters. The Hall–Kier alpha value is -3.36. The molecule has 0 fully saturated rings. The lowest BCUT2D eigenvalue weighted by atomic mass is 10.0. The van der Waals surface area contributed by atoms with E-state index < -0.39 is 57.2 Å². The molecule has 2 aromatic carbocycles. The van der Waals surface area contributed by atoms with Gasteiger partial charge in [-0.3, -0.25) is 19.5 Å². The van der Waals surface area contributed by atoms with Crippen molar-refractivity contribution in [2.24, 2.45) is 0 Å². The predicted octanol–water partition coefficient (Wildman–Crippen LogP) is 5.45. The third kappa shape index (κ3) is 5.55. The molecule has 0 N–H and O–H groups in total. The Balaban J connectivity index is 2.16. The van der Waals surface area contributed by atoms with E-state index in [9.17, 15) is 30.8 Å². The maximum absolute atomic E-state index is 14.2. The molecule has 0 aliphatic carbocycles. The van der Waals surface area contributed by atoms with Crippen LogP contribution in [0.1, 0.15) is 67.8 Å². The zero-order chi connectivity index (χ0) is 32.2. The van der Waals surface area contributed by atoms with Crippen LogP contribution in [0.25, 0.3) is 10.9 Å². The van der Waals surface area contributed by atoms with Gasteiger partial charge in [0.15, 0.2) is 0 Å². The number of benzene rings is 2. The lowest BCUT2D eigenvalue weighted by Crippen LogP contribution is -2.51. The number of nitrogens with zero attached hydrogens (tertiary/aromatic N) is 3. The van der Waals surface area contributed by atoms with Crippen LogP contribution in [0.2, 0.25) is 16.6 Å². The summed E-state index contributed by atoms with van der Waals surface area (Å²) in [6.45, 7) is 12.0.